The van der Waals surface area contributed by atoms with Gasteiger partial charge < -0.3 is 39.7 Å². The first-order valence-electron chi connectivity index (χ1n) is 15.8. The van der Waals surface area contributed by atoms with Crippen molar-refractivity contribution < 1.29 is 48.3 Å². The van der Waals surface area contributed by atoms with Crippen LogP contribution in [-0.4, -0.2) is 82.4 Å². The Bertz CT molecular complexity index is 1580. The van der Waals surface area contributed by atoms with E-state index >= 15 is 0 Å². The number of halogens is 2. The number of hydrogen-bond donors (Lipinski definition) is 4. The van der Waals surface area contributed by atoms with Crippen molar-refractivity contribution in [2.75, 3.05) is 27.3 Å². The van der Waals surface area contributed by atoms with Crippen LogP contribution in [0.2, 0.25) is 0 Å². The van der Waals surface area contributed by atoms with Crippen LogP contribution in [0.4, 0.5) is 8.78 Å². The molecule has 2 aliphatic carbocycles. The van der Waals surface area contributed by atoms with Gasteiger partial charge in [0.15, 0.2) is 23.0 Å². The zero-order valence-electron chi connectivity index (χ0n) is 26.9. The lowest BCUT2D eigenvalue weighted by molar-refractivity contribution is -0.120. The van der Waals surface area contributed by atoms with E-state index < -0.39 is 23.1 Å². The summed E-state index contributed by atoms with van der Waals surface area (Å²) in [5.41, 5.74) is 5.25. The van der Waals surface area contributed by atoms with Crippen LogP contribution < -0.4 is 0 Å². The molecule has 0 saturated carbocycles. The molecule has 2 aromatic carbocycles. The second kappa shape index (κ2) is 14.8. The normalized spacial score (nSPS) is 20.5. The number of carbonyl (C=O) groups is 2. The molecule has 0 saturated heterocycles. The Morgan fingerprint density at radius 2 is 1.06 bits per heavy atom. The first kappa shape index (κ1) is 34.3. The molecule has 48 heavy (non-hydrogen) atoms. The minimum absolute atomic E-state index is 0.251. The van der Waals surface area contributed by atoms with Gasteiger partial charge in [0.1, 0.15) is 11.6 Å². The second-order valence-electron chi connectivity index (χ2n) is 12.3. The lowest BCUT2D eigenvalue weighted by Gasteiger charge is -2.38. The molecule has 2 amide bonds. The zero-order valence-corrected chi connectivity index (χ0v) is 26.9. The molecule has 10 nitrogen and oxygen atoms in total. The molecule has 0 radical (unpaired) electrons. The van der Waals surface area contributed by atoms with Crippen LogP contribution in [0.1, 0.15) is 49.7 Å². The molecule has 4 N–H and O–H groups in total. The number of rotatable bonds is 8. The number of carbonyl (C=O) groups excluding carboxylic acids is 2. The first-order chi connectivity index (χ1) is 23.1. The number of ether oxygens (including phenoxy) is 2. The number of allylic oxidation sites excluding steroid dienone is 4. The molecule has 256 valence electrons. The average Bonchev–Trinajstić information content (AvgIpc) is 3.09. The van der Waals surface area contributed by atoms with Crippen molar-refractivity contribution in [1.29, 1.82) is 0 Å². The monoisotopic (exact) mass is 666 g/mol. The summed E-state index contributed by atoms with van der Waals surface area (Å²) in [6, 6.07) is 3.75. The topological polar surface area (TPSA) is 140 Å². The lowest BCUT2D eigenvalue weighted by Crippen LogP contribution is -2.42. The number of phenols is 4. The van der Waals surface area contributed by atoms with Crippen LogP contribution in [-0.2, 0) is 31.9 Å². The maximum atomic E-state index is 14.1. The van der Waals surface area contributed by atoms with Crippen LogP contribution in [0, 0.1) is 11.6 Å². The van der Waals surface area contributed by atoms with Gasteiger partial charge in [0.25, 0.3) is 0 Å². The molecule has 2 heterocycles. The highest BCUT2D eigenvalue weighted by molar-refractivity contribution is 5.54. The fourth-order valence-corrected chi connectivity index (χ4v) is 6.97. The largest absolute Gasteiger partial charge is 0.504 e. The average molecular weight is 667 g/mol. The van der Waals surface area contributed by atoms with Crippen molar-refractivity contribution >= 4 is 12.8 Å². The van der Waals surface area contributed by atoms with Crippen molar-refractivity contribution in [3.63, 3.8) is 0 Å². The molecule has 12 heteroatoms. The molecular weight excluding hydrogens is 626 g/mol. The van der Waals surface area contributed by atoms with Gasteiger partial charge in [0.2, 0.25) is 12.8 Å². The number of benzene rings is 2. The van der Waals surface area contributed by atoms with Gasteiger partial charge >= 0.3 is 0 Å². The number of amides is 2. The van der Waals surface area contributed by atoms with Gasteiger partial charge in [-0.3, -0.25) is 9.59 Å². The molecular formula is C36H40F2N2O8. The Kier molecular flexibility index (Phi) is 10.6. The number of aromatic hydroxyl groups is 4. The molecule has 6 rings (SSSR count). The molecule has 2 aliphatic heterocycles. The molecule has 2 atom stereocenters. The van der Waals surface area contributed by atoms with E-state index in [4.69, 9.17) is 9.47 Å². The van der Waals surface area contributed by atoms with Gasteiger partial charge in [0, 0.05) is 38.1 Å². The van der Waals surface area contributed by atoms with Crippen LogP contribution in [0.5, 0.6) is 23.0 Å². The van der Waals surface area contributed by atoms with Crippen LogP contribution >= 0.6 is 0 Å². The highest BCUT2D eigenvalue weighted by atomic mass is 19.1. The lowest BCUT2D eigenvalue weighted by atomic mass is 9.82. The van der Waals surface area contributed by atoms with Gasteiger partial charge in [-0.15, -0.1) is 0 Å². The predicted octanol–water partition coefficient (Wildman–Crippen LogP) is 5.26. The standard InChI is InChI=1S/2C18H20FNO4/c2*1-24-13-2-3-14-11(6-13)4-5-20(10-21)16(14)7-12-8-17(22)18(23)9-15(12)19/h2*2,8-10,16,22-23H,3-7H2,1H3/t16-;/m1./s1. The third-order valence-electron chi connectivity index (χ3n) is 9.64. The summed E-state index contributed by atoms with van der Waals surface area (Å²) >= 11 is 0. The highest BCUT2D eigenvalue weighted by Gasteiger charge is 2.33. The van der Waals surface area contributed by atoms with Gasteiger partial charge in [-0.1, -0.05) is 11.1 Å². The van der Waals surface area contributed by atoms with E-state index in [1.807, 2.05) is 12.2 Å². The summed E-state index contributed by atoms with van der Waals surface area (Å²) in [6.07, 6.45) is 10.4. The summed E-state index contributed by atoms with van der Waals surface area (Å²) in [5, 5.41) is 38.0. The quantitative estimate of drug-likeness (QED) is 0.170. The van der Waals surface area contributed by atoms with Crippen LogP contribution in [0.25, 0.3) is 0 Å². The fraction of sp³-hybridized carbons (Fsp3) is 0.389. The summed E-state index contributed by atoms with van der Waals surface area (Å²) in [7, 11) is 3.29. The fourth-order valence-electron chi connectivity index (χ4n) is 6.97. The van der Waals surface area contributed by atoms with Crippen molar-refractivity contribution in [1.82, 2.24) is 9.80 Å². The number of phenolic OH excluding ortho intramolecular Hbond substituents is 4. The number of hydrogen-bond acceptors (Lipinski definition) is 8. The van der Waals surface area contributed by atoms with Crippen molar-refractivity contribution in [2.24, 2.45) is 0 Å². The highest BCUT2D eigenvalue weighted by Crippen LogP contribution is 2.39. The van der Waals surface area contributed by atoms with E-state index in [-0.39, 0.29) is 47.6 Å². The van der Waals surface area contributed by atoms with Crippen LogP contribution in [0.3, 0.4) is 0 Å². The third-order valence-corrected chi connectivity index (χ3v) is 9.64. The minimum Gasteiger partial charge on any atom is -0.504 e. The summed E-state index contributed by atoms with van der Waals surface area (Å²) < 4.78 is 38.9. The van der Waals surface area contributed by atoms with Gasteiger partial charge in [-0.05, 0) is 85.1 Å². The van der Waals surface area contributed by atoms with Gasteiger partial charge in [0.05, 0.1) is 37.8 Å². The number of methoxy groups -OCH3 is 2. The van der Waals surface area contributed by atoms with Crippen molar-refractivity contribution in [3.8, 4) is 23.0 Å². The van der Waals surface area contributed by atoms with E-state index in [9.17, 15) is 38.8 Å². The summed E-state index contributed by atoms with van der Waals surface area (Å²) in [5.74, 6) is -1.05. The third kappa shape index (κ3) is 7.27. The van der Waals surface area contributed by atoms with E-state index in [1.165, 1.54) is 23.3 Å². The van der Waals surface area contributed by atoms with E-state index in [0.29, 0.717) is 25.9 Å². The first-order valence-corrected chi connectivity index (χ1v) is 15.8. The Morgan fingerprint density at radius 1 is 0.688 bits per heavy atom. The van der Waals surface area contributed by atoms with Gasteiger partial charge in [-0.25, -0.2) is 8.78 Å². The summed E-state index contributed by atoms with van der Waals surface area (Å²) in [6.45, 7) is 1.16. The zero-order chi connectivity index (χ0) is 34.5. The van der Waals surface area contributed by atoms with E-state index in [2.05, 4.69) is 0 Å². The van der Waals surface area contributed by atoms with Crippen molar-refractivity contribution in [3.05, 3.63) is 93.0 Å². The SMILES string of the molecule is COC1=CCC2=C(CCN(C=O)C2Cc2cc(O)c(O)cc2F)C1.COC1=CCC2=C(CCN(C=O)[C@@H]2Cc2cc(O)c(O)cc2F)C1. The predicted molar refractivity (Wildman–Crippen MR) is 172 cm³/mol. The van der Waals surface area contributed by atoms with Crippen molar-refractivity contribution in [2.45, 2.75) is 63.5 Å². The second-order valence-corrected chi connectivity index (χ2v) is 12.3. The molecule has 2 aromatic rings. The smallest absolute Gasteiger partial charge is 0.210 e. The Labute approximate surface area is 277 Å². The molecule has 0 spiro atoms. The molecule has 0 aromatic heterocycles. The molecule has 0 bridgehead atoms. The maximum Gasteiger partial charge on any atom is 0.210 e. The summed E-state index contributed by atoms with van der Waals surface area (Å²) in [4.78, 5) is 26.2. The molecule has 1 unspecified atom stereocenters. The molecule has 0 fully saturated rings. The van der Waals surface area contributed by atoms with E-state index in [1.54, 1.807) is 24.0 Å². The van der Waals surface area contributed by atoms with Crippen LogP contribution in [0.15, 0.2) is 70.2 Å². The Balaban J connectivity index is 0.000000188. The minimum atomic E-state index is -0.590. The molecule has 4 aliphatic rings. The maximum absolute atomic E-state index is 14.1. The Morgan fingerprint density at radius 3 is 1.42 bits per heavy atom. The van der Waals surface area contributed by atoms with Gasteiger partial charge in [-0.2, -0.15) is 0 Å². The van der Waals surface area contributed by atoms with E-state index in [0.717, 1.165) is 73.3 Å². The number of nitrogens with zero attached hydrogens (tertiary/aromatic N) is 2. The Hall–Kier alpha value is -5.00.